The maximum atomic E-state index is 14.0. The molecule has 1 aliphatic carbocycles. The van der Waals surface area contributed by atoms with Gasteiger partial charge >= 0.3 is 0 Å². The van der Waals surface area contributed by atoms with E-state index in [0.29, 0.717) is 17.5 Å². The molecular formula is C14H12BrFO2. The third kappa shape index (κ3) is 1.71. The molecule has 1 aromatic carbocycles. The fourth-order valence-electron chi connectivity index (χ4n) is 2.64. The van der Waals surface area contributed by atoms with Gasteiger partial charge in [-0.15, -0.1) is 0 Å². The summed E-state index contributed by atoms with van der Waals surface area (Å²) >= 11 is 3.32. The number of fused-ring (bicyclic) bond motifs is 1. The van der Waals surface area contributed by atoms with Crippen LogP contribution in [0.3, 0.4) is 0 Å². The van der Waals surface area contributed by atoms with Crippen LogP contribution in [0.5, 0.6) is 0 Å². The highest BCUT2D eigenvalue weighted by atomic mass is 79.9. The van der Waals surface area contributed by atoms with Crippen LogP contribution in [0.15, 0.2) is 39.4 Å². The Morgan fingerprint density at radius 3 is 2.94 bits per heavy atom. The van der Waals surface area contributed by atoms with Crippen molar-refractivity contribution in [2.45, 2.75) is 24.9 Å². The molecule has 2 nitrogen and oxygen atoms in total. The molecule has 1 unspecified atom stereocenters. The summed E-state index contributed by atoms with van der Waals surface area (Å²) in [4.78, 5) is 0. The maximum Gasteiger partial charge on any atom is 0.129 e. The van der Waals surface area contributed by atoms with Crippen LogP contribution in [0.1, 0.15) is 29.7 Å². The molecule has 1 heterocycles. The van der Waals surface area contributed by atoms with Crippen LogP contribution in [-0.2, 0) is 12.0 Å². The Kier molecular flexibility index (Phi) is 2.79. The molecule has 0 aliphatic heterocycles. The van der Waals surface area contributed by atoms with Gasteiger partial charge in [0.05, 0.1) is 6.26 Å². The zero-order chi connectivity index (χ0) is 12.8. The van der Waals surface area contributed by atoms with Gasteiger partial charge in [0.2, 0.25) is 0 Å². The molecule has 0 fully saturated rings. The summed E-state index contributed by atoms with van der Waals surface area (Å²) < 4.78 is 20.1. The first-order valence-electron chi connectivity index (χ1n) is 5.86. The van der Waals surface area contributed by atoms with E-state index in [4.69, 9.17) is 4.42 Å². The molecule has 3 rings (SSSR count). The van der Waals surface area contributed by atoms with Gasteiger partial charge in [0, 0.05) is 22.0 Å². The van der Waals surface area contributed by atoms with E-state index in [-0.39, 0.29) is 0 Å². The lowest BCUT2D eigenvalue weighted by Gasteiger charge is -2.32. The summed E-state index contributed by atoms with van der Waals surface area (Å²) in [7, 11) is 0. The smallest absolute Gasteiger partial charge is 0.129 e. The number of hydrogen-bond donors (Lipinski definition) is 1. The molecule has 0 spiro atoms. The molecule has 0 saturated carbocycles. The summed E-state index contributed by atoms with van der Waals surface area (Å²) in [6.07, 6.45) is 3.63. The molecule has 0 amide bonds. The molecule has 0 bridgehead atoms. The standard InChI is InChI=1S/C14H12BrFO2/c15-9-3-4-12(16)11(8-9)14(17)6-1-2-13-10(14)5-7-18-13/h3-5,7-8,17H,1-2,6H2. The molecule has 2 aromatic rings. The Morgan fingerprint density at radius 2 is 2.11 bits per heavy atom. The van der Waals surface area contributed by atoms with Crippen LogP contribution < -0.4 is 0 Å². The molecule has 0 radical (unpaired) electrons. The summed E-state index contributed by atoms with van der Waals surface area (Å²) in [5, 5.41) is 10.9. The van der Waals surface area contributed by atoms with E-state index in [1.165, 1.54) is 6.07 Å². The van der Waals surface area contributed by atoms with Crippen LogP contribution in [0.4, 0.5) is 4.39 Å². The topological polar surface area (TPSA) is 33.4 Å². The SMILES string of the molecule is OC1(c2cc(Br)ccc2F)CCCc2occc21. The zero-order valence-corrected chi connectivity index (χ0v) is 11.2. The zero-order valence-electron chi connectivity index (χ0n) is 9.62. The predicted octanol–water partition coefficient (Wildman–Crippen LogP) is 3.75. The van der Waals surface area contributed by atoms with Crippen molar-refractivity contribution in [3.8, 4) is 0 Å². The third-order valence-corrected chi connectivity index (χ3v) is 4.00. The molecule has 18 heavy (non-hydrogen) atoms. The maximum absolute atomic E-state index is 14.0. The Balaban J connectivity index is 2.20. The van der Waals surface area contributed by atoms with Gasteiger partial charge in [0.25, 0.3) is 0 Å². The Morgan fingerprint density at radius 1 is 1.28 bits per heavy atom. The summed E-state index contributed by atoms with van der Waals surface area (Å²) in [6, 6.07) is 6.36. The van der Waals surface area contributed by atoms with Crippen molar-refractivity contribution in [1.29, 1.82) is 0 Å². The van der Waals surface area contributed by atoms with E-state index in [9.17, 15) is 9.50 Å². The Hall–Kier alpha value is -1.13. The summed E-state index contributed by atoms with van der Waals surface area (Å²) in [5.41, 5.74) is -0.293. The van der Waals surface area contributed by atoms with Crippen molar-refractivity contribution in [2.75, 3.05) is 0 Å². The van der Waals surface area contributed by atoms with Gasteiger partial charge < -0.3 is 9.52 Å². The molecular weight excluding hydrogens is 299 g/mol. The van der Waals surface area contributed by atoms with E-state index >= 15 is 0 Å². The molecule has 0 saturated heterocycles. The average molecular weight is 311 g/mol. The van der Waals surface area contributed by atoms with E-state index in [2.05, 4.69) is 15.9 Å². The van der Waals surface area contributed by atoms with Crippen molar-refractivity contribution in [2.24, 2.45) is 0 Å². The molecule has 1 atom stereocenters. The largest absolute Gasteiger partial charge is 0.469 e. The van der Waals surface area contributed by atoms with Crippen LogP contribution in [-0.4, -0.2) is 5.11 Å². The highest BCUT2D eigenvalue weighted by Gasteiger charge is 2.39. The second-order valence-electron chi connectivity index (χ2n) is 4.60. The number of aliphatic hydroxyl groups is 1. The lowest BCUT2D eigenvalue weighted by atomic mass is 9.78. The quantitative estimate of drug-likeness (QED) is 0.870. The van der Waals surface area contributed by atoms with Gasteiger partial charge in [-0.1, -0.05) is 15.9 Å². The third-order valence-electron chi connectivity index (χ3n) is 3.51. The fraction of sp³-hybridized carbons (Fsp3) is 0.286. The Labute approximate surface area is 113 Å². The van der Waals surface area contributed by atoms with E-state index < -0.39 is 11.4 Å². The number of aryl methyl sites for hydroxylation is 1. The van der Waals surface area contributed by atoms with Crippen molar-refractivity contribution < 1.29 is 13.9 Å². The Bertz CT molecular complexity index is 593. The highest BCUT2D eigenvalue weighted by molar-refractivity contribution is 9.10. The highest BCUT2D eigenvalue weighted by Crippen LogP contribution is 2.42. The summed E-state index contributed by atoms with van der Waals surface area (Å²) in [5.74, 6) is 0.359. The van der Waals surface area contributed by atoms with Gasteiger partial charge in [-0.25, -0.2) is 4.39 Å². The minimum absolute atomic E-state index is 0.305. The van der Waals surface area contributed by atoms with E-state index in [1.807, 2.05) is 0 Å². The van der Waals surface area contributed by atoms with Gasteiger partial charge in [-0.2, -0.15) is 0 Å². The molecule has 4 heteroatoms. The number of hydrogen-bond acceptors (Lipinski definition) is 2. The second-order valence-corrected chi connectivity index (χ2v) is 5.51. The van der Waals surface area contributed by atoms with Crippen molar-refractivity contribution in [3.63, 3.8) is 0 Å². The van der Waals surface area contributed by atoms with Crippen LogP contribution in [0, 0.1) is 5.82 Å². The van der Waals surface area contributed by atoms with E-state index in [0.717, 1.165) is 23.1 Å². The predicted molar refractivity (Wildman–Crippen MR) is 68.7 cm³/mol. The van der Waals surface area contributed by atoms with Crippen molar-refractivity contribution in [3.05, 3.63) is 57.7 Å². The van der Waals surface area contributed by atoms with Gasteiger partial charge in [0.15, 0.2) is 0 Å². The van der Waals surface area contributed by atoms with E-state index in [1.54, 1.807) is 24.5 Å². The van der Waals surface area contributed by atoms with Gasteiger partial charge in [0.1, 0.15) is 17.2 Å². The minimum Gasteiger partial charge on any atom is -0.469 e. The molecule has 1 aromatic heterocycles. The molecule has 94 valence electrons. The first-order valence-corrected chi connectivity index (χ1v) is 6.65. The lowest BCUT2D eigenvalue weighted by Crippen LogP contribution is -2.32. The number of rotatable bonds is 1. The normalized spacial score (nSPS) is 22.8. The number of benzene rings is 1. The average Bonchev–Trinajstić information content (AvgIpc) is 2.82. The van der Waals surface area contributed by atoms with Crippen LogP contribution >= 0.6 is 15.9 Å². The summed E-state index contributed by atoms with van der Waals surface area (Å²) in [6.45, 7) is 0. The monoisotopic (exact) mass is 310 g/mol. The molecule has 1 aliphatic rings. The first kappa shape index (κ1) is 11.9. The van der Waals surface area contributed by atoms with Crippen LogP contribution in [0.25, 0.3) is 0 Å². The van der Waals surface area contributed by atoms with Gasteiger partial charge in [-0.3, -0.25) is 0 Å². The lowest BCUT2D eigenvalue weighted by molar-refractivity contribution is 0.0552. The number of furan rings is 1. The molecule has 1 N–H and O–H groups in total. The first-order chi connectivity index (χ1) is 8.61. The second kappa shape index (κ2) is 4.21. The van der Waals surface area contributed by atoms with Crippen molar-refractivity contribution in [1.82, 2.24) is 0 Å². The minimum atomic E-state index is -1.28. The van der Waals surface area contributed by atoms with Gasteiger partial charge in [-0.05, 0) is 37.1 Å². The van der Waals surface area contributed by atoms with Crippen molar-refractivity contribution >= 4 is 15.9 Å². The van der Waals surface area contributed by atoms with Crippen LogP contribution in [0.2, 0.25) is 0 Å². The fourth-order valence-corrected chi connectivity index (χ4v) is 3.00. The number of halogens is 2.